The van der Waals surface area contributed by atoms with E-state index in [1.807, 2.05) is 0 Å². The molecular weight excluding hydrogens is 324 g/mol. The Balaban J connectivity index is 1.98. The highest BCUT2D eigenvalue weighted by Gasteiger charge is 2.21. The normalized spacial score (nSPS) is 10.3. The maximum absolute atomic E-state index is 12.5. The van der Waals surface area contributed by atoms with Crippen LogP contribution in [0.4, 0.5) is 5.69 Å². The van der Waals surface area contributed by atoms with Gasteiger partial charge in [0, 0.05) is 6.20 Å². The van der Waals surface area contributed by atoms with E-state index in [9.17, 15) is 15.0 Å². The number of nitrogens with zero attached hydrogens (tertiary/aromatic N) is 3. The molecule has 3 N–H and O–H groups in total. The van der Waals surface area contributed by atoms with Crippen LogP contribution in [-0.2, 0) is 0 Å². The van der Waals surface area contributed by atoms with Crippen LogP contribution >= 0.6 is 0 Å². The predicted octanol–water partition coefficient (Wildman–Crippen LogP) is 2.21. The molecule has 8 nitrogen and oxygen atoms in total. The van der Waals surface area contributed by atoms with Gasteiger partial charge in [-0.2, -0.15) is 4.98 Å². The first-order valence-electron chi connectivity index (χ1n) is 7.26. The number of amides is 1. The second-order valence-corrected chi connectivity index (χ2v) is 4.94. The molecule has 2 heterocycles. The highest BCUT2D eigenvalue weighted by molar-refractivity contribution is 6.06. The molecule has 0 aliphatic rings. The fourth-order valence-corrected chi connectivity index (χ4v) is 2.14. The lowest BCUT2D eigenvalue weighted by atomic mass is 10.2. The lowest BCUT2D eigenvalue weighted by Gasteiger charge is -2.11. The number of hydrogen-bond acceptors (Lipinski definition) is 7. The van der Waals surface area contributed by atoms with Gasteiger partial charge in [-0.05, 0) is 24.3 Å². The van der Waals surface area contributed by atoms with Crippen LogP contribution in [0, 0.1) is 0 Å². The largest absolute Gasteiger partial charge is 0.501 e. The van der Waals surface area contributed by atoms with E-state index in [-0.39, 0.29) is 11.5 Å². The van der Waals surface area contributed by atoms with Crippen LogP contribution in [0.1, 0.15) is 10.5 Å². The second kappa shape index (κ2) is 6.83. The van der Waals surface area contributed by atoms with E-state index in [1.165, 1.54) is 13.3 Å². The van der Waals surface area contributed by atoms with Gasteiger partial charge < -0.3 is 20.3 Å². The van der Waals surface area contributed by atoms with Crippen molar-refractivity contribution in [1.82, 2.24) is 15.0 Å². The summed E-state index contributed by atoms with van der Waals surface area (Å²) < 4.78 is 5.16. The summed E-state index contributed by atoms with van der Waals surface area (Å²) in [5.41, 5.74) is 0.370. The molecule has 0 saturated carbocycles. The predicted molar refractivity (Wildman–Crippen MR) is 89.5 cm³/mol. The molecule has 0 radical (unpaired) electrons. The molecule has 0 atom stereocenters. The summed E-state index contributed by atoms with van der Waals surface area (Å²) in [5.74, 6) is -1.69. The van der Waals surface area contributed by atoms with Gasteiger partial charge in [0.05, 0.1) is 12.8 Å². The number of aromatic nitrogens is 3. The number of carbonyl (C=O) groups is 1. The minimum atomic E-state index is -0.725. The van der Waals surface area contributed by atoms with Crippen molar-refractivity contribution in [1.29, 1.82) is 0 Å². The number of aromatic hydroxyl groups is 2. The minimum absolute atomic E-state index is 0.0149. The number of para-hydroxylation sites is 2. The van der Waals surface area contributed by atoms with E-state index < -0.39 is 17.5 Å². The van der Waals surface area contributed by atoms with Gasteiger partial charge in [-0.25, -0.2) is 4.98 Å². The van der Waals surface area contributed by atoms with Crippen LogP contribution in [0.2, 0.25) is 0 Å². The molecule has 3 aromatic rings. The Hall–Kier alpha value is -3.68. The quantitative estimate of drug-likeness (QED) is 0.667. The van der Waals surface area contributed by atoms with Crippen LogP contribution in [0.5, 0.6) is 17.4 Å². The smallest absolute Gasteiger partial charge is 0.278 e. The van der Waals surface area contributed by atoms with E-state index in [4.69, 9.17) is 4.74 Å². The number of pyridine rings is 1. The third-order valence-electron chi connectivity index (χ3n) is 3.33. The van der Waals surface area contributed by atoms with E-state index in [0.29, 0.717) is 17.1 Å². The van der Waals surface area contributed by atoms with Crippen molar-refractivity contribution in [2.75, 3.05) is 12.4 Å². The first kappa shape index (κ1) is 16.2. The average Bonchev–Trinajstić information content (AvgIpc) is 2.65. The highest BCUT2D eigenvalue weighted by atomic mass is 16.5. The van der Waals surface area contributed by atoms with Crippen molar-refractivity contribution < 1.29 is 19.7 Å². The molecule has 0 saturated heterocycles. The Kier molecular flexibility index (Phi) is 4.42. The zero-order chi connectivity index (χ0) is 17.8. The number of anilines is 1. The Morgan fingerprint density at radius 2 is 1.84 bits per heavy atom. The molecule has 0 unspecified atom stereocenters. The molecule has 0 fully saturated rings. The molecule has 0 aliphatic carbocycles. The number of nitrogens with one attached hydrogen (secondary N) is 1. The molecule has 25 heavy (non-hydrogen) atoms. The van der Waals surface area contributed by atoms with Crippen molar-refractivity contribution in [2.45, 2.75) is 0 Å². The summed E-state index contributed by atoms with van der Waals surface area (Å²) in [4.78, 5) is 24.3. The Labute approximate surface area is 142 Å². The van der Waals surface area contributed by atoms with Gasteiger partial charge in [0.15, 0.2) is 11.5 Å². The first-order valence-corrected chi connectivity index (χ1v) is 7.26. The van der Waals surface area contributed by atoms with Crippen molar-refractivity contribution in [3.63, 3.8) is 0 Å². The Bertz CT molecular complexity index is 916. The van der Waals surface area contributed by atoms with E-state index in [0.717, 1.165) is 0 Å². The molecule has 0 spiro atoms. The molecule has 0 bridgehead atoms. The van der Waals surface area contributed by atoms with Gasteiger partial charge in [-0.15, -0.1) is 0 Å². The number of methoxy groups -OCH3 is 1. The van der Waals surface area contributed by atoms with Crippen molar-refractivity contribution in [3.8, 4) is 28.9 Å². The van der Waals surface area contributed by atoms with Gasteiger partial charge >= 0.3 is 0 Å². The number of rotatable bonds is 4. The molecule has 1 amide bonds. The summed E-state index contributed by atoms with van der Waals surface area (Å²) in [6.45, 7) is 0. The monoisotopic (exact) mass is 338 g/mol. The molecule has 126 valence electrons. The number of hydrogen-bond donors (Lipinski definition) is 3. The maximum Gasteiger partial charge on any atom is 0.278 e. The highest BCUT2D eigenvalue weighted by Crippen LogP contribution is 2.30. The van der Waals surface area contributed by atoms with Crippen LogP contribution in [0.25, 0.3) is 11.5 Å². The molecule has 0 aliphatic heterocycles. The molecule has 8 heteroatoms. The van der Waals surface area contributed by atoms with Crippen LogP contribution in [0.3, 0.4) is 0 Å². The zero-order valence-electron chi connectivity index (χ0n) is 13.2. The number of benzene rings is 1. The first-order chi connectivity index (χ1) is 12.1. The zero-order valence-corrected chi connectivity index (χ0v) is 13.2. The fraction of sp³-hybridized carbons (Fsp3) is 0.0588. The summed E-state index contributed by atoms with van der Waals surface area (Å²) in [5, 5.41) is 22.4. The molecule has 2 aromatic heterocycles. The molecule has 1 aromatic carbocycles. The van der Waals surface area contributed by atoms with E-state index in [1.54, 1.807) is 42.5 Å². The van der Waals surface area contributed by atoms with Crippen LogP contribution in [0.15, 0.2) is 48.7 Å². The molecular formula is C17H14N4O4. The maximum atomic E-state index is 12.5. The van der Waals surface area contributed by atoms with Crippen LogP contribution < -0.4 is 10.1 Å². The van der Waals surface area contributed by atoms with Gasteiger partial charge in [0.1, 0.15) is 11.4 Å². The molecule has 3 rings (SSSR count). The Morgan fingerprint density at radius 1 is 1.08 bits per heavy atom. The minimum Gasteiger partial charge on any atom is -0.501 e. The SMILES string of the molecule is COc1ccccc1NC(=O)c1nc(-c2ccccn2)nc(O)c1O. The van der Waals surface area contributed by atoms with Gasteiger partial charge in [0.25, 0.3) is 11.8 Å². The topological polar surface area (TPSA) is 117 Å². The van der Waals surface area contributed by atoms with E-state index >= 15 is 0 Å². The van der Waals surface area contributed by atoms with Gasteiger partial charge in [-0.3, -0.25) is 9.78 Å². The summed E-state index contributed by atoms with van der Waals surface area (Å²) >= 11 is 0. The van der Waals surface area contributed by atoms with E-state index in [2.05, 4.69) is 20.3 Å². The van der Waals surface area contributed by atoms with Gasteiger partial charge in [-0.1, -0.05) is 18.2 Å². The summed E-state index contributed by atoms with van der Waals surface area (Å²) in [6.07, 6.45) is 1.52. The Morgan fingerprint density at radius 3 is 2.56 bits per heavy atom. The van der Waals surface area contributed by atoms with Crippen molar-refractivity contribution >= 4 is 11.6 Å². The second-order valence-electron chi connectivity index (χ2n) is 4.94. The average molecular weight is 338 g/mol. The van der Waals surface area contributed by atoms with Gasteiger partial charge in [0.2, 0.25) is 5.75 Å². The number of ether oxygens (including phenoxy) is 1. The van der Waals surface area contributed by atoms with Crippen molar-refractivity contribution in [2.24, 2.45) is 0 Å². The third-order valence-corrected chi connectivity index (χ3v) is 3.33. The third kappa shape index (κ3) is 3.32. The fourth-order valence-electron chi connectivity index (χ4n) is 2.14. The summed E-state index contributed by atoms with van der Waals surface area (Å²) in [7, 11) is 1.47. The number of carbonyl (C=O) groups excluding carboxylic acids is 1. The van der Waals surface area contributed by atoms with Crippen molar-refractivity contribution in [3.05, 3.63) is 54.4 Å². The van der Waals surface area contributed by atoms with Crippen LogP contribution in [-0.4, -0.2) is 38.2 Å². The lowest BCUT2D eigenvalue weighted by molar-refractivity contribution is 0.101. The standard InChI is InChI=1S/C17H14N4O4/c1-25-12-8-3-2-6-10(12)19-16(23)13-14(22)17(24)21-15(20-13)11-7-4-5-9-18-11/h2-9,22H,1H3,(H,19,23)(H,20,21,24). The lowest BCUT2D eigenvalue weighted by Crippen LogP contribution is -2.15. The summed E-state index contributed by atoms with van der Waals surface area (Å²) in [6, 6.07) is 11.8.